The van der Waals surface area contributed by atoms with Crippen molar-refractivity contribution < 1.29 is 9.47 Å². The van der Waals surface area contributed by atoms with Gasteiger partial charge < -0.3 is 14.5 Å². The molecule has 1 aliphatic heterocycles. The third-order valence-corrected chi connectivity index (χ3v) is 6.81. The Hall–Kier alpha value is -5.60. The van der Waals surface area contributed by atoms with Crippen LogP contribution in [0.3, 0.4) is 0 Å². The first kappa shape index (κ1) is 25.7. The van der Waals surface area contributed by atoms with Crippen LogP contribution < -0.4 is 9.47 Å². The fourth-order valence-corrected chi connectivity index (χ4v) is 4.72. The van der Waals surface area contributed by atoms with Crippen molar-refractivity contribution in [2.24, 2.45) is 9.98 Å². The molecular formula is C36H27N3O2. The van der Waals surface area contributed by atoms with Gasteiger partial charge in [0.2, 0.25) is 0 Å². The summed E-state index contributed by atoms with van der Waals surface area (Å²) in [5, 5.41) is 0. The average Bonchev–Trinajstić information content (AvgIpc) is 3.66. The molecule has 1 aliphatic rings. The lowest BCUT2D eigenvalue weighted by Crippen LogP contribution is -1.96. The van der Waals surface area contributed by atoms with Crippen molar-refractivity contribution >= 4 is 22.9 Å². The Bertz CT molecular complexity index is 1790. The van der Waals surface area contributed by atoms with E-state index in [4.69, 9.17) is 25.9 Å². The molecule has 4 aromatic carbocycles. The molecule has 0 saturated heterocycles. The quantitative estimate of drug-likeness (QED) is 0.206. The average molecular weight is 534 g/mol. The number of methoxy groups -OCH3 is 1. The van der Waals surface area contributed by atoms with Gasteiger partial charge in [-0.3, -0.25) is 0 Å². The number of allylic oxidation sites excluding steroid dienone is 1. The molecular weight excluding hydrogens is 506 g/mol. The highest BCUT2D eigenvalue weighted by molar-refractivity contribution is 6.38. The lowest BCUT2D eigenvalue weighted by Gasteiger charge is -2.05. The van der Waals surface area contributed by atoms with Crippen LogP contribution in [0.15, 0.2) is 131 Å². The summed E-state index contributed by atoms with van der Waals surface area (Å²) in [5.74, 6) is 5.40. The summed E-state index contributed by atoms with van der Waals surface area (Å²) in [7, 11) is 1.66. The number of aromatic nitrogens is 1. The van der Waals surface area contributed by atoms with Gasteiger partial charge in [-0.1, -0.05) is 66.6 Å². The van der Waals surface area contributed by atoms with Crippen LogP contribution in [0.25, 0.3) is 28.0 Å². The van der Waals surface area contributed by atoms with Crippen molar-refractivity contribution in [2.45, 2.75) is 0 Å². The summed E-state index contributed by atoms with van der Waals surface area (Å²) in [6.45, 7) is 0.234. The van der Waals surface area contributed by atoms with Crippen LogP contribution in [-0.2, 0) is 0 Å². The number of aliphatic imine (C=N–C) groups is 2. The molecule has 0 aliphatic carbocycles. The van der Waals surface area contributed by atoms with Gasteiger partial charge >= 0.3 is 0 Å². The number of amidine groups is 1. The third-order valence-electron chi connectivity index (χ3n) is 6.81. The Labute approximate surface area is 239 Å². The number of hydrogen-bond acceptors (Lipinski definition) is 3. The van der Waals surface area contributed by atoms with E-state index in [9.17, 15) is 0 Å². The van der Waals surface area contributed by atoms with E-state index in [-0.39, 0.29) is 6.61 Å². The molecule has 0 bridgehead atoms. The Morgan fingerprint density at radius 2 is 1.39 bits per heavy atom. The summed E-state index contributed by atoms with van der Waals surface area (Å²) in [6.07, 6.45) is 7.42. The maximum Gasteiger partial charge on any atom is 0.162 e. The molecule has 0 fully saturated rings. The molecule has 0 atom stereocenters. The number of terminal acetylenes is 1. The number of rotatable bonds is 8. The fourth-order valence-electron chi connectivity index (χ4n) is 4.72. The van der Waals surface area contributed by atoms with E-state index >= 15 is 0 Å². The minimum absolute atomic E-state index is 0.234. The predicted octanol–water partition coefficient (Wildman–Crippen LogP) is 7.99. The molecule has 5 heteroatoms. The minimum atomic E-state index is 0.234. The SMILES string of the molecule is C#CCOc1ccc(-c2cc(-c3ccccc3)c(/N=C3\N=C(c4ccc(OC)cc4)C=C3c3ccccc3)[nH]2)cc1. The first-order valence-corrected chi connectivity index (χ1v) is 13.3. The molecule has 0 radical (unpaired) electrons. The van der Waals surface area contributed by atoms with Crippen LogP contribution in [0.4, 0.5) is 5.82 Å². The van der Waals surface area contributed by atoms with Crippen molar-refractivity contribution in [3.63, 3.8) is 0 Å². The third kappa shape index (κ3) is 5.59. The molecule has 41 heavy (non-hydrogen) atoms. The zero-order valence-corrected chi connectivity index (χ0v) is 22.5. The second kappa shape index (κ2) is 11.6. The fraction of sp³-hybridized carbons (Fsp3) is 0.0556. The van der Waals surface area contributed by atoms with Gasteiger partial charge in [0, 0.05) is 22.4 Å². The van der Waals surface area contributed by atoms with E-state index in [0.29, 0.717) is 5.84 Å². The van der Waals surface area contributed by atoms with Crippen LogP contribution >= 0.6 is 0 Å². The first-order chi connectivity index (χ1) is 20.2. The van der Waals surface area contributed by atoms with Crippen LogP contribution in [0.1, 0.15) is 11.1 Å². The Morgan fingerprint density at radius 3 is 2.05 bits per heavy atom. The zero-order valence-electron chi connectivity index (χ0n) is 22.5. The van der Waals surface area contributed by atoms with Crippen LogP contribution in [-0.4, -0.2) is 30.2 Å². The molecule has 6 rings (SSSR count). The molecule has 0 saturated carbocycles. The predicted molar refractivity (Wildman–Crippen MR) is 167 cm³/mol. The molecule has 0 unspecified atom stereocenters. The summed E-state index contributed by atoms with van der Waals surface area (Å²) in [5.41, 5.74) is 7.85. The number of hydrogen-bond donors (Lipinski definition) is 1. The summed E-state index contributed by atoms with van der Waals surface area (Å²) >= 11 is 0. The largest absolute Gasteiger partial charge is 0.497 e. The van der Waals surface area contributed by atoms with Gasteiger partial charge in [0.05, 0.1) is 12.8 Å². The Balaban J connectivity index is 1.45. The van der Waals surface area contributed by atoms with Crippen molar-refractivity contribution in [3.8, 4) is 46.2 Å². The first-order valence-electron chi connectivity index (χ1n) is 13.3. The molecule has 0 amide bonds. The molecule has 2 heterocycles. The van der Waals surface area contributed by atoms with Crippen molar-refractivity contribution in [3.05, 3.63) is 132 Å². The van der Waals surface area contributed by atoms with E-state index < -0.39 is 0 Å². The van der Waals surface area contributed by atoms with E-state index in [0.717, 1.165) is 62.1 Å². The molecule has 5 nitrogen and oxygen atoms in total. The number of H-pyrrole nitrogens is 1. The number of nitrogens with zero attached hydrogens (tertiary/aromatic N) is 2. The lowest BCUT2D eigenvalue weighted by atomic mass is 10.0. The standard InChI is InChI=1S/C36H27N3O2/c1-3-22-41-30-20-16-28(17-21-30)34-24-32(26-12-8-5-9-13-26)36(38-34)39-35-31(25-10-6-4-7-11-25)23-33(37-35)27-14-18-29(40-2)19-15-27/h1,4-21,23-24,38H,22H2,2H3/b39-35-. The highest BCUT2D eigenvalue weighted by Crippen LogP contribution is 2.37. The molecule has 198 valence electrons. The summed E-state index contributed by atoms with van der Waals surface area (Å²) in [4.78, 5) is 13.7. The van der Waals surface area contributed by atoms with E-state index in [1.165, 1.54) is 0 Å². The number of ether oxygens (including phenoxy) is 2. The van der Waals surface area contributed by atoms with Crippen LogP contribution in [0.5, 0.6) is 11.5 Å². The van der Waals surface area contributed by atoms with Gasteiger partial charge in [-0.2, -0.15) is 0 Å². The molecule has 5 aromatic rings. The van der Waals surface area contributed by atoms with Gasteiger partial charge in [-0.05, 0) is 77.4 Å². The highest BCUT2D eigenvalue weighted by Gasteiger charge is 2.21. The molecule has 1 aromatic heterocycles. The number of nitrogens with one attached hydrogen (secondary N) is 1. The van der Waals surface area contributed by atoms with Crippen molar-refractivity contribution in [1.82, 2.24) is 4.98 Å². The van der Waals surface area contributed by atoms with Gasteiger partial charge in [-0.15, -0.1) is 6.42 Å². The minimum Gasteiger partial charge on any atom is -0.497 e. The van der Waals surface area contributed by atoms with Crippen molar-refractivity contribution in [2.75, 3.05) is 13.7 Å². The number of aromatic amines is 1. The van der Waals surface area contributed by atoms with E-state index in [1.807, 2.05) is 84.9 Å². The summed E-state index contributed by atoms with van der Waals surface area (Å²) in [6, 6.07) is 38.3. The number of benzene rings is 4. The second-order valence-electron chi connectivity index (χ2n) is 9.41. The van der Waals surface area contributed by atoms with Gasteiger partial charge in [0.15, 0.2) is 5.84 Å². The smallest absolute Gasteiger partial charge is 0.162 e. The van der Waals surface area contributed by atoms with E-state index in [2.05, 4.69) is 47.3 Å². The van der Waals surface area contributed by atoms with Crippen LogP contribution in [0.2, 0.25) is 0 Å². The normalized spacial score (nSPS) is 13.4. The van der Waals surface area contributed by atoms with Crippen LogP contribution in [0, 0.1) is 12.3 Å². The molecule has 1 N–H and O–H groups in total. The second-order valence-corrected chi connectivity index (χ2v) is 9.41. The zero-order chi connectivity index (χ0) is 28.0. The maximum absolute atomic E-state index is 5.55. The monoisotopic (exact) mass is 533 g/mol. The van der Waals surface area contributed by atoms with Gasteiger partial charge in [0.1, 0.15) is 23.9 Å². The lowest BCUT2D eigenvalue weighted by molar-refractivity contribution is 0.370. The maximum atomic E-state index is 5.55. The Kier molecular flexibility index (Phi) is 7.29. The van der Waals surface area contributed by atoms with Gasteiger partial charge in [0.25, 0.3) is 0 Å². The molecule has 0 spiro atoms. The van der Waals surface area contributed by atoms with Gasteiger partial charge in [-0.25, -0.2) is 9.98 Å². The topological polar surface area (TPSA) is 59.0 Å². The summed E-state index contributed by atoms with van der Waals surface area (Å²) < 4.78 is 10.9. The highest BCUT2D eigenvalue weighted by atomic mass is 16.5. The van der Waals surface area contributed by atoms with Crippen molar-refractivity contribution in [1.29, 1.82) is 0 Å². The Morgan fingerprint density at radius 1 is 0.756 bits per heavy atom. The van der Waals surface area contributed by atoms with E-state index in [1.54, 1.807) is 7.11 Å².